The number of para-hydroxylation sites is 1. The molecular formula is C38H52N2O3. The molecule has 3 rings (SSSR count). The van der Waals surface area contributed by atoms with Gasteiger partial charge < -0.3 is 5.11 Å². The molecule has 0 atom stereocenters. The van der Waals surface area contributed by atoms with Gasteiger partial charge in [-0.1, -0.05) is 119 Å². The zero-order valence-corrected chi connectivity index (χ0v) is 26.3. The van der Waals surface area contributed by atoms with Crippen molar-refractivity contribution in [2.75, 3.05) is 0 Å². The molecule has 0 saturated carbocycles. The number of nitrogens with zero attached hydrogens (tertiary/aromatic N) is 2. The summed E-state index contributed by atoms with van der Waals surface area (Å²) in [6.45, 7) is 2.17. The zero-order valence-electron chi connectivity index (χ0n) is 26.3. The molecule has 0 bridgehead atoms. The van der Waals surface area contributed by atoms with E-state index in [-0.39, 0.29) is 5.56 Å². The number of aliphatic carboxylic acids is 1. The fourth-order valence-corrected chi connectivity index (χ4v) is 5.58. The first-order chi connectivity index (χ1) is 21.1. The average molecular weight is 585 g/mol. The van der Waals surface area contributed by atoms with Gasteiger partial charge in [0.2, 0.25) is 0 Å². The smallest absolute Gasteiger partial charge is 0.303 e. The number of hydrogen-bond acceptors (Lipinski definition) is 3. The van der Waals surface area contributed by atoms with Gasteiger partial charge in [-0.3, -0.25) is 14.2 Å². The molecule has 0 spiro atoms. The van der Waals surface area contributed by atoms with Crippen LogP contribution in [0.4, 0.5) is 0 Å². The second-order valence-electron chi connectivity index (χ2n) is 11.6. The van der Waals surface area contributed by atoms with Crippen LogP contribution in [0, 0.1) is 0 Å². The van der Waals surface area contributed by atoms with Crippen molar-refractivity contribution in [1.82, 2.24) is 9.55 Å². The minimum Gasteiger partial charge on any atom is -0.481 e. The zero-order chi connectivity index (χ0) is 30.5. The lowest BCUT2D eigenvalue weighted by molar-refractivity contribution is -0.137. The summed E-state index contributed by atoms with van der Waals surface area (Å²) in [5.74, 6) is 0.0493. The fraction of sp³-hybridized carbons (Fsp3) is 0.500. The molecule has 43 heavy (non-hydrogen) atoms. The summed E-state index contributed by atoms with van der Waals surface area (Å²) < 4.78 is 1.81. The molecule has 0 aliphatic rings. The minimum atomic E-state index is -0.683. The van der Waals surface area contributed by atoms with E-state index < -0.39 is 5.97 Å². The fourth-order valence-electron chi connectivity index (χ4n) is 5.58. The van der Waals surface area contributed by atoms with E-state index >= 15 is 0 Å². The van der Waals surface area contributed by atoms with Crippen LogP contribution < -0.4 is 5.56 Å². The van der Waals surface area contributed by atoms with E-state index in [0.717, 1.165) is 92.5 Å². The molecule has 0 aliphatic heterocycles. The summed E-state index contributed by atoms with van der Waals surface area (Å²) in [5, 5.41) is 8.67. The molecule has 0 aliphatic carbocycles. The number of unbranched alkanes of at least 4 members (excludes halogenated alkanes) is 12. The standard InChI is InChI=1S/C38H52N2O3/c1-2-3-29-34-35(30-23-15-13-11-9-7-5-4-6-8-10-12-14-16-24-31-36(41)42)39-37(32-25-19-17-20-26-32)40(38(34)43)33-27-21-18-22-28-33/h4,6,17-22,25-28H,2-3,5,7-16,23-24,29-31H2,1H3,(H,41,42)/b6-4-. The van der Waals surface area contributed by atoms with Gasteiger partial charge in [-0.15, -0.1) is 0 Å². The Hall–Kier alpha value is -3.47. The molecular weight excluding hydrogens is 532 g/mol. The summed E-state index contributed by atoms with van der Waals surface area (Å²) in [6.07, 6.45) is 23.5. The van der Waals surface area contributed by atoms with Gasteiger partial charge in [0.25, 0.3) is 5.56 Å². The van der Waals surface area contributed by atoms with Crippen LogP contribution in [0.3, 0.4) is 0 Å². The first-order valence-corrected chi connectivity index (χ1v) is 16.7. The molecule has 5 nitrogen and oxygen atoms in total. The summed E-state index contributed by atoms with van der Waals surface area (Å²) in [6, 6.07) is 20.0. The number of carboxylic acids is 1. The summed E-state index contributed by atoms with van der Waals surface area (Å²) in [7, 11) is 0. The van der Waals surface area contributed by atoms with E-state index in [0.29, 0.717) is 6.42 Å². The van der Waals surface area contributed by atoms with E-state index in [1.165, 1.54) is 44.9 Å². The lowest BCUT2D eigenvalue weighted by atomic mass is 10.0. The maximum Gasteiger partial charge on any atom is 0.303 e. The van der Waals surface area contributed by atoms with Gasteiger partial charge in [-0.05, 0) is 69.9 Å². The third kappa shape index (κ3) is 12.3. The van der Waals surface area contributed by atoms with Crippen molar-refractivity contribution in [3.63, 3.8) is 0 Å². The maximum atomic E-state index is 14.0. The number of carbonyl (C=O) groups is 1. The molecule has 2 aromatic carbocycles. The molecule has 1 N–H and O–H groups in total. The van der Waals surface area contributed by atoms with E-state index in [1.54, 1.807) is 0 Å². The monoisotopic (exact) mass is 584 g/mol. The van der Waals surface area contributed by atoms with Crippen LogP contribution >= 0.6 is 0 Å². The predicted molar refractivity (Wildman–Crippen MR) is 179 cm³/mol. The molecule has 1 heterocycles. The Morgan fingerprint density at radius 2 is 1.28 bits per heavy atom. The van der Waals surface area contributed by atoms with Crippen LogP contribution in [0.5, 0.6) is 0 Å². The first-order valence-electron chi connectivity index (χ1n) is 16.7. The molecule has 0 saturated heterocycles. The molecule has 0 radical (unpaired) electrons. The van der Waals surface area contributed by atoms with Gasteiger partial charge in [0.05, 0.1) is 11.4 Å². The minimum absolute atomic E-state index is 0.0762. The second kappa shape index (κ2) is 20.4. The number of hydrogen-bond donors (Lipinski definition) is 1. The van der Waals surface area contributed by atoms with Gasteiger partial charge >= 0.3 is 5.97 Å². The third-order valence-electron chi connectivity index (χ3n) is 8.05. The highest BCUT2D eigenvalue weighted by atomic mass is 16.4. The number of benzene rings is 2. The average Bonchev–Trinajstić information content (AvgIpc) is 3.02. The van der Waals surface area contributed by atoms with Crippen LogP contribution in [0.15, 0.2) is 77.6 Å². The normalized spacial score (nSPS) is 11.4. The Kier molecular flexibility index (Phi) is 16.2. The highest BCUT2D eigenvalue weighted by Gasteiger charge is 2.18. The summed E-state index contributed by atoms with van der Waals surface area (Å²) in [4.78, 5) is 29.7. The van der Waals surface area contributed by atoms with E-state index in [2.05, 4.69) is 19.1 Å². The van der Waals surface area contributed by atoms with Gasteiger partial charge in [0.1, 0.15) is 5.82 Å². The lowest BCUT2D eigenvalue weighted by Crippen LogP contribution is -2.27. The van der Waals surface area contributed by atoms with E-state index in [4.69, 9.17) is 10.1 Å². The van der Waals surface area contributed by atoms with Crippen LogP contribution in [-0.4, -0.2) is 20.6 Å². The van der Waals surface area contributed by atoms with Crippen molar-refractivity contribution >= 4 is 5.97 Å². The predicted octanol–water partition coefficient (Wildman–Crippen LogP) is 9.89. The van der Waals surface area contributed by atoms with Crippen LogP contribution in [0.1, 0.15) is 121 Å². The van der Waals surface area contributed by atoms with Gasteiger partial charge in [0, 0.05) is 17.5 Å². The quantitative estimate of drug-likeness (QED) is 0.0942. The van der Waals surface area contributed by atoms with Gasteiger partial charge in [0.15, 0.2) is 0 Å². The Bertz CT molecular complexity index is 1280. The summed E-state index contributed by atoms with van der Waals surface area (Å²) >= 11 is 0. The third-order valence-corrected chi connectivity index (χ3v) is 8.05. The van der Waals surface area contributed by atoms with Crippen LogP contribution in [-0.2, 0) is 17.6 Å². The largest absolute Gasteiger partial charge is 0.481 e. The van der Waals surface area contributed by atoms with Crippen molar-refractivity contribution in [1.29, 1.82) is 0 Å². The lowest BCUT2D eigenvalue weighted by Gasteiger charge is -2.18. The SMILES string of the molecule is CCCCc1c(CCCCCCCC/C=C\CCCCCCCC(=O)O)nc(-c2ccccc2)n(-c2ccccc2)c1=O. The molecule has 1 aromatic heterocycles. The highest BCUT2D eigenvalue weighted by Crippen LogP contribution is 2.23. The molecule has 5 heteroatoms. The molecule has 232 valence electrons. The Labute approximate surface area is 259 Å². The molecule has 0 unspecified atom stereocenters. The van der Waals surface area contributed by atoms with E-state index in [9.17, 15) is 9.59 Å². The van der Waals surface area contributed by atoms with Crippen LogP contribution in [0.25, 0.3) is 17.1 Å². The van der Waals surface area contributed by atoms with Gasteiger partial charge in [-0.25, -0.2) is 4.98 Å². The van der Waals surface area contributed by atoms with E-state index in [1.807, 2.05) is 65.2 Å². The highest BCUT2D eigenvalue weighted by molar-refractivity contribution is 5.66. The number of aryl methyl sites for hydroxylation is 1. The van der Waals surface area contributed by atoms with Crippen molar-refractivity contribution in [3.05, 3.63) is 94.4 Å². The van der Waals surface area contributed by atoms with Crippen molar-refractivity contribution in [2.45, 2.75) is 122 Å². The van der Waals surface area contributed by atoms with Gasteiger partial charge in [-0.2, -0.15) is 0 Å². The second-order valence-corrected chi connectivity index (χ2v) is 11.6. The topological polar surface area (TPSA) is 72.2 Å². The number of rotatable bonds is 22. The Morgan fingerprint density at radius 1 is 0.721 bits per heavy atom. The van der Waals surface area contributed by atoms with Crippen molar-refractivity contribution in [3.8, 4) is 17.1 Å². The number of allylic oxidation sites excluding steroid dienone is 2. The number of carboxylic acid groups (broad SMARTS) is 1. The first kappa shape index (κ1) is 34.0. The van der Waals surface area contributed by atoms with Crippen molar-refractivity contribution < 1.29 is 9.90 Å². The Morgan fingerprint density at radius 3 is 1.88 bits per heavy atom. The number of aromatic nitrogens is 2. The molecule has 0 fully saturated rings. The van der Waals surface area contributed by atoms with Crippen LogP contribution in [0.2, 0.25) is 0 Å². The molecule has 0 amide bonds. The summed E-state index contributed by atoms with van der Waals surface area (Å²) in [5.41, 5.74) is 3.77. The Balaban J connectivity index is 1.45. The molecule has 3 aromatic rings. The maximum absolute atomic E-state index is 14.0. The van der Waals surface area contributed by atoms with Crippen molar-refractivity contribution in [2.24, 2.45) is 0 Å².